The smallest absolute Gasteiger partial charge is 0.160 e. The second-order valence-electron chi connectivity index (χ2n) is 3.08. The topological polar surface area (TPSA) is 43.4 Å². The van der Waals surface area contributed by atoms with E-state index in [4.69, 9.17) is 4.74 Å². The van der Waals surface area contributed by atoms with E-state index >= 15 is 0 Å². The van der Waals surface area contributed by atoms with Crippen LogP contribution < -0.4 is 4.74 Å². The number of carbonyl (C=O) groups is 2. The van der Waals surface area contributed by atoms with E-state index in [1.165, 1.54) is 14.0 Å². The Kier molecular flexibility index (Phi) is 3.02. The number of methoxy groups -OCH3 is 1. The Morgan fingerprint density at radius 3 is 2.50 bits per heavy atom. The van der Waals surface area contributed by atoms with Crippen LogP contribution in [0.15, 0.2) is 12.1 Å². The number of benzene rings is 1. The third-order valence-electron chi connectivity index (χ3n) is 2.08. The molecule has 0 aliphatic heterocycles. The monoisotopic (exact) mass is 192 g/mol. The minimum atomic E-state index is -0.0294. The number of rotatable bonds is 3. The van der Waals surface area contributed by atoms with E-state index in [-0.39, 0.29) is 5.78 Å². The molecule has 1 rings (SSSR count). The zero-order valence-corrected chi connectivity index (χ0v) is 8.46. The fourth-order valence-corrected chi connectivity index (χ4v) is 1.36. The van der Waals surface area contributed by atoms with E-state index in [9.17, 15) is 9.59 Å². The van der Waals surface area contributed by atoms with Gasteiger partial charge in [-0.25, -0.2) is 0 Å². The third-order valence-corrected chi connectivity index (χ3v) is 2.08. The quantitative estimate of drug-likeness (QED) is 0.543. The molecule has 0 amide bonds. The van der Waals surface area contributed by atoms with E-state index < -0.39 is 0 Å². The van der Waals surface area contributed by atoms with Crippen molar-refractivity contribution in [3.05, 3.63) is 28.8 Å². The molecule has 0 atom stereocenters. The van der Waals surface area contributed by atoms with Crippen molar-refractivity contribution in [2.24, 2.45) is 0 Å². The summed E-state index contributed by atoms with van der Waals surface area (Å²) < 4.78 is 5.00. The summed E-state index contributed by atoms with van der Waals surface area (Å²) in [7, 11) is 1.47. The van der Waals surface area contributed by atoms with Gasteiger partial charge in [0, 0.05) is 5.56 Å². The molecule has 0 radical (unpaired) electrons. The summed E-state index contributed by atoms with van der Waals surface area (Å²) in [5.74, 6) is 0.411. The molecule has 74 valence electrons. The molecule has 0 spiro atoms. The van der Waals surface area contributed by atoms with Gasteiger partial charge in [-0.3, -0.25) is 9.59 Å². The summed E-state index contributed by atoms with van der Waals surface area (Å²) in [4.78, 5) is 21.8. The summed E-state index contributed by atoms with van der Waals surface area (Å²) in [6.07, 6.45) is 0.718. The molecule has 0 unspecified atom stereocenters. The van der Waals surface area contributed by atoms with Crippen LogP contribution >= 0.6 is 0 Å². The summed E-state index contributed by atoms with van der Waals surface area (Å²) >= 11 is 0. The number of ketones is 1. The van der Waals surface area contributed by atoms with Crippen LogP contribution in [0.2, 0.25) is 0 Å². The van der Waals surface area contributed by atoms with Crippen molar-refractivity contribution < 1.29 is 14.3 Å². The predicted molar refractivity (Wildman–Crippen MR) is 53.1 cm³/mol. The van der Waals surface area contributed by atoms with Crippen molar-refractivity contribution in [1.29, 1.82) is 0 Å². The molecular weight excluding hydrogens is 180 g/mol. The molecule has 0 aliphatic rings. The Morgan fingerprint density at radius 1 is 1.43 bits per heavy atom. The fourth-order valence-electron chi connectivity index (χ4n) is 1.36. The van der Waals surface area contributed by atoms with Crippen LogP contribution in [0.1, 0.15) is 33.2 Å². The summed E-state index contributed by atoms with van der Waals surface area (Å²) in [6.45, 7) is 3.28. The molecule has 1 aromatic carbocycles. The number of aryl methyl sites for hydroxylation is 1. The van der Waals surface area contributed by atoms with E-state index in [1.807, 2.05) is 0 Å². The normalized spacial score (nSPS) is 9.64. The lowest BCUT2D eigenvalue weighted by atomic mass is 10.0. The number of hydrogen-bond acceptors (Lipinski definition) is 3. The average molecular weight is 192 g/mol. The third kappa shape index (κ3) is 1.82. The SMILES string of the molecule is COc1cc(C(C)=O)c(C)cc1C=O. The molecule has 0 aromatic heterocycles. The number of aldehydes is 1. The van der Waals surface area contributed by atoms with Gasteiger partial charge in [-0.1, -0.05) is 0 Å². The van der Waals surface area contributed by atoms with Gasteiger partial charge in [0.1, 0.15) is 5.75 Å². The van der Waals surface area contributed by atoms with Gasteiger partial charge in [-0.15, -0.1) is 0 Å². The van der Waals surface area contributed by atoms with Crippen molar-refractivity contribution in [3.63, 3.8) is 0 Å². The van der Waals surface area contributed by atoms with Crippen LogP contribution in [0, 0.1) is 6.92 Å². The van der Waals surface area contributed by atoms with Gasteiger partial charge in [0.05, 0.1) is 12.7 Å². The molecule has 14 heavy (non-hydrogen) atoms. The first-order chi connectivity index (χ1) is 6.60. The molecule has 0 saturated heterocycles. The van der Waals surface area contributed by atoms with Crippen LogP contribution in [0.5, 0.6) is 5.75 Å². The van der Waals surface area contributed by atoms with Crippen molar-refractivity contribution >= 4 is 12.1 Å². The van der Waals surface area contributed by atoms with E-state index in [1.54, 1.807) is 19.1 Å². The maximum absolute atomic E-state index is 11.2. The Hall–Kier alpha value is -1.64. The number of carbonyl (C=O) groups excluding carboxylic acids is 2. The van der Waals surface area contributed by atoms with E-state index in [2.05, 4.69) is 0 Å². The highest BCUT2D eigenvalue weighted by Crippen LogP contribution is 2.22. The summed E-state index contributed by atoms with van der Waals surface area (Å²) in [6, 6.07) is 3.25. The zero-order valence-electron chi connectivity index (χ0n) is 8.46. The number of hydrogen-bond donors (Lipinski definition) is 0. The van der Waals surface area contributed by atoms with Gasteiger partial charge < -0.3 is 4.74 Å². The number of Topliss-reactive ketones (excluding diaryl/α,β-unsaturated/α-hetero) is 1. The van der Waals surface area contributed by atoms with Gasteiger partial charge in [0.15, 0.2) is 12.1 Å². The van der Waals surface area contributed by atoms with Crippen molar-refractivity contribution in [2.75, 3.05) is 7.11 Å². The van der Waals surface area contributed by atoms with Gasteiger partial charge in [-0.2, -0.15) is 0 Å². The van der Waals surface area contributed by atoms with E-state index in [0.717, 1.165) is 11.8 Å². The highest BCUT2D eigenvalue weighted by Gasteiger charge is 2.09. The second-order valence-corrected chi connectivity index (χ2v) is 3.08. The Balaban J connectivity index is 3.37. The van der Waals surface area contributed by atoms with Crippen LogP contribution in [-0.4, -0.2) is 19.2 Å². The zero-order chi connectivity index (χ0) is 10.7. The molecule has 0 saturated carbocycles. The first kappa shape index (κ1) is 10.4. The molecule has 3 nitrogen and oxygen atoms in total. The lowest BCUT2D eigenvalue weighted by Crippen LogP contribution is -2.00. The highest BCUT2D eigenvalue weighted by molar-refractivity contribution is 5.97. The van der Waals surface area contributed by atoms with Crippen LogP contribution in [0.3, 0.4) is 0 Å². The predicted octanol–water partition coefficient (Wildman–Crippen LogP) is 2.02. The van der Waals surface area contributed by atoms with Gasteiger partial charge in [-0.05, 0) is 31.5 Å². The van der Waals surface area contributed by atoms with Crippen molar-refractivity contribution in [2.45, 2.75) is 13.8 Å². The van der Waals surface area contributed by atoms with Crippen LogP contribution in [0.4, 0.5) is 0 Å². The van der Waals surface area contributed by atoms with Crippen molar-refractivity contribution in [1.82, 2.24) is 0 Å². The second kappa shape index (κ2) is 4.05. The van der Waals surface area contributed by atoms with Gasteiger partial charge in [0.2, 0.25) is 0 Å². The maximum atomic E-state index is 11.2. The molecule has 1 aromatic rings. The van der Waals surface area contributed by atoms with Crippen LogP contribution in [0.25, 0.3) is 0 Å². The maximum Gasteiger partial charge on any atom is 0.160 e. The minimum Gasteiger partial charge on any atom is -0.496 e. The molecule has 0 N–H and O–H groups in total. The van der Waals surface area contributed by atoms with Crippen molar-refractivity contribution in [3.8, 4) is 5.75 Å². The summed E-state index contributed by atoms with van der Waals surface area (Å²) in [5, 5.41) is 0. The Labute approximate surface area is 82.7 Å². The molecule has 0 heterocycles. The Bertz CT molecular complexity index is 380. The lowest BCUT2D eigenvalue weighted by Gasteiger charge is -2.08. The first-order valence-electron chi connectivity index (χ1n) is 4.25. The fraction of sp³-hybridized carbons (Fsp3) is 0.273. The Morgan fingerprint density at radius 2 is 2.07 bits per heavy atom. The molecular formula is C11H12O3. The molecule has 0 bridgehead atoms. The molecule has 0 aliphatic carbocycles. The summed E-state index contributed by atoms with van der Waals surface area (Å²) in [5.41, 5.74) is 1.85. The highest BCUT2D eigenvalue weighted by atomic mass is 16.5. The van der Waals surface area contributed by atoms with Gasteiger partial charge in [0.25, 0.3) is 0 Å². The van der Waals surface area contributed by atoms with Gasteiger partial charge >= 0.3 is 0 Å². The minimum absolute atomic E-state index is 0.0294. The standard InChI is InChI=1S/C11H12O3/c1-7-4-9(6-12)11(14-3)5-10(7)8(2)13/h4-6H,1-3H3. The molecule has 3 heteroatoms. The number of ether oxygens (including phenoxy) is 1. The molecule has 0 fully saturated rings. The largest absolute Gasteiger partial charge is 0.496 e. The first-order valence-corrected chi connectivity index (χ1v) is 4.25. The average Bonchev–Trinajstić information content (AvgIpc) is 2.16. The van der Waals surface area contributed by atoms with Crippen LogP contribution in [-0.2, 0) is 0 Å². The van der Waals surface area contributed by atoms with E-state index in [0.29, 0.717) is 16.9 Å². The lowest BCUT2D eigenvalue weighted by molar-refractivity contribution is 0.101.